The van der Waals surface area contributed by atoms with E-state index in [9.17, 15) is 0 Å². The molecule has 6 rings (SSSR count). The van der Waals surface area contributed by atoms with Crippen molar-refractivity contribution in [3.05, 3.63) is 85.7 Å². The van der Waals surface area contributed by atoms with Gasteiger partial charge in [-0.15, -0.1) is 0 Å². The zero-order valence-electron chi connectivity index (χ0n) is 16.3. The zero-order chi connectivity index (χ0) is 20.6. The Kier molecular flexibility index (Phi) is 3.92. The molecule has 148 valence electrons. The third-order valence-electron chi connectivity index (χ3n) is 5.09. The summed E-state index contributed by atoms with van der Waals surface area (Å²) in [5.41, 5.74) is 5.50. The lowest BCUT2D eigenvalue weighted by Gasteiger charge is -2.07. The Morgan fingerprint density at radius 1 is 0.839 bits per heavy atom. The number of rotatable bonds is 4. The predicted molar refractivity (Wildman–Crippen MR) is 119 cm³/mol. The summed E-state index contributed by atoms with van der Waals surface area (Å²) in [4.78, 5) is 25.4. The lowest BCUT2D eigenvalue weighted by molar-refractivity contribution is 1.12. The summed E-state index contributed by atoms with van der Waals surface area (Å²) in [5, 5.41) is 4.21. The molecule has 0 aliphatic rings. The fraction of sp³-hybridized carbons (Fsp3) is 0. The highest BCUT2D eigenvalue weighted by molar-refractivity contribution is 5.93. The smallest absolute Gasteiger partial charge is 0.228 e. The molecule has 0 aliphatic carbocycles. The molecule has 0 fully saturated rings. The third kappa shape index (κ3) is 3.06. The minimum absolute atomic E-state index is 0.477. The number of nitrogens with zero attached hydrogens (tertiary/aromatic N) is 6. The molecule has 0 saturated carbocycles. The average Bonchev–Trinajstić information content (AvgIpc) is 3.44. The maximum atomic E-state index is 4.66. The van der Waals surface area contributed by atoms with Gasteiger partial charge in [0, 0.05) is 47.5 Å². The monoisotopic (exact) mass is 404 g/mol. The molecule has 0 aromatic carbocycles. The number of hydrogen-bond donors (Lipinski definition) is 2. The van der Waals surface area contributed by atoms with Crippen molar-refractivity contribution in [2.75, 3.05) is 5.32 Å². The van der Waals surface area contributed by atoms with Crippen LogP contribution < -0.4 is 5.32 Å². The maximum absolute atomic E-state index is 4.66. The molecule has 2 N–H and O–H groups in total. The molecule has 0 atom stereocenters. The van der Waals surface area contributed by atoms with E-state index in [1.165, 1.54) is 0 Å². The second kappa shape index (κ2) is 7.03. The molecule has 6 aromatic rings. The number of imidazole rings is 1. The van der Waals surface area contributed by atoms with Gasteiger partial charge in [-0.05, 0) is 42.5 Å². The zero-order valence-corrected chi connectivity index (χ0v) is 16.3. The summed E-state index contributed by atoms with van der Waals surface area (Å²) in [7, 11) is 0. The Balaban J connectivity index is 1.43. The predicted octanol–water partition coefficient (Wildman–Crippen LogP) is 4.47. The van der Waals surface area contributed by atoms with Gasteiger partial charge in [0.1, 0.15) is 17.1 Å². The highest BCUT2D eigenvalue weighted by Gasteiger charge is 2.12. The van der Waals surface area contributed by atoms with Crippen molar-refractivity contribution < 1.29 is 0 Å². The van der Waals surface area contributed by atoms with Gasteiger partial charge in [0.2, 0.25) is 5.95 Å². The standard InChI is InChI=1S/C23H16N8/c1-2-9-24-20(5-1)30-23-26-11-8-18(29-23)19-13-27-21-7-6-15(14-31(19)21)17-12-28-22-16(17)4-3-10-25-22/h1-14H,(H,25,28)(H,24,26,29,30). The van der Waals surface area contributed by atoms with E-state index in [1.807, 2.05) is 53.2 Å². The van der Waals surface area contributed by atoms with E-state index in [4.69, 9.17) is 0 Å². The first-order valence-corrected chi connectivity index (χ1v) is 9.76. The van der Waals surface area contributed by atoms with Crippen molar-refractivity contribution in [1.82, 2.24) is 34.3 Å². The Bertz CT molecular complexity index is 1520. The highest BCUT2D eigenvalue weighted by Crippen LogP contribution is 2.29. The van der Waals surface area contributed by atoms with Crippen LogP contribution in [0.3, 0.4) is 0 Å². The molecule has 8 heteroatoms. The molecule has 6 aromatic heterocycles. The lowest BCUT2D eigenvalue weighted by atomic mass is 10.1. The summed E-state index contributed by atoms with van der Waals surface area (Å²) in [6.45, 7) is 0. The van der Waals surface area contributed by atoms with E-state index in [0.717, 1.165) is 39.2 Å². The highest BCUT2D eigenvalue weighted by atomic mass is 15.1. The maximum Gasteiger partial charge on any atom is 0.228 e. The van der Waals surface area contributed by atoms with Gasteiger partial charge in [-0.3, -0.25) is 4.40 Å². The first-order chi connectivity index (χ1) is 15.3. The van der Waals surface area contributed by atoms with E-state index in [-0.39, 0.29) is 0 Å². The van der Waals surface area contributed by atoms with Crippen LogP contribution in [0.2, 0.25) is 0 Å². The molecule has 31 heavy (non-hydrogen) atoms. The number of aromatic nitrogens is 7. The van der Waals surface area contributed by atoms with Crippen molar-refractivity contribution >= 4 is 28.4 Å². The van der Waals surface area contributed by atoms with Crippen LogP contribution in [0.4, 0.5) is 11.8 Å². The molecular formula is C23H16N8. The molecule has 0 amide bonds. The Labute approximate surface area is 176 Å². The van der Waals surface area contributed by atoms with Gasteiger partial charge in [0.05, 0.1) is 17.6 Å². The Morgan fingerprint density at radius 2 is 1.81 bits per heavy atom. The fourth-order valence-corrected chi connectivity index (χ4v) is 3.64. The normalized spacial score (nSPS) is 11.2. The molecule has 6 heterocycles. The number of fused-ring (bicyclic) bond motifs is 2. The van der Waals surface area contributed by atoms with E-state index in [0.29, 0.717) is 11.8 Å². The SMILES string of the molecule is c1ccc(Nc2nccc(-c3cnc4ccc(-c5c[nH]c6ncccc56)cn34)n2)nc1. The van der Waals surface area contributed by atoms with Crippen LogP contribution in [-0.4, -0.2) is 34.3 Å². The molecular weight excluding hydrogens is 388 g/mol. The number of pyridine rings is 3. The second-order valence-electron chi connectivity index (χ2n) is 7.00. The van der Waals surface area contributed by atoms with Crippen LogP contribution in [0.5, 0.6) is 0 Å². The molecule has 0 spiro atoms. The van der Waals surface area contributed by atoms with Gasteiger partial charge in [0.25, 0.3) is 0 Å². The van der Waals surface area contributed by atoms with Crippen molar-refractivity contribution in [3.63, 3.8) is 0 Å². The Morgan fingerprint density at radius 3 is 2.74 bits per heavy atom. The van der Waals surface area contributed by atoms with Crippen LogP contribution in [0, 0.1) is 0 Å². The summed E-state index contributed by atoms with van der Waals surface area (Å²) in [5.74, 6) is 1.16. The lowest BCUT2D eigenvalue weighted by Crippen LogP contribution is -2.00. The average molecular weight is 404 g/mol. The molecule has 0 aliphatic heterocycles. The van der Waals surface area contributed by atoms with E-state index >= 15 is 0 Å². The van der Waals surface area contributed by atoms with Crippen molar-refractivity contribution in [2.45, 2.75) is 0 Å². The summed E-state index contributed by atoms with van der Waals surface area (Å²) in [6, 6.07) is 15.6. The third-order valence-corrected chi connectivity index (χ3v) is 5.09. The minimum atomic E-state index is 0.477. The van der Waals surface area contributed by atoms with Crippen LogP contribution >= 0.6 is 0 Å². The van der Waals surface area contributed by atoms with E-state index in [2.05, 4.69) is 53.6 Å². The number of H-pyrrole nitrogens is 1. The number of hydrogen-bond acceptors (Lipinski definition) is 6. The van der Waals surface area contributed by atoms with Crippen molar-refractivity contribution in [2.24, 2.45) is 0 Å². The van der Waals surface area contributed by atoms with Crippen LogP contribution in [-0.2, 0) is 0 Å². The van der Waals surface area contributed by atoms with Crippen molar-refractivity contribution in [3.8, 4) is 22.5 Å². The van der Waals surface area contributed by atoms with Gasteiger partial charge in [-0.2, -0.15) is 0 Å². The van der Waals surface area contributed by atoms with Crippen LogP contribution in [0.1, 0.15) is 0 Å². The van der Waals surface area contributed by atoms with E-state index in [1.54, 1.807) is 18.6 Å². The largest absolute Gasteiger partial charge is 0.346 e. The van der Waals surface area contributed by atoms with Gasteiger partial charge < -0.3 is 10.3 Å². The molecule has 0 radical (unpaired) electrons. The van der Waals surface area contributed by atoms with Gasteiger partial charge in [-0.25, -0.2) is 24.9 Å². The first-order valence-electron chi connectivity index (χ1n) is 9.76. The molecule has 0 bridgehead atoms. The summed E-state index contributed by atoms with van der Waals surface area (Å²) < 4.78 is 2.04. The first kappa shape index (κ1) is 17.3. The second-order valence-corrected chi connectivity index (χ2v) is 7.00. The van der Waals surface area contributed by atoms with Gasteiger partial charge in [-0.1, -0.05) is 6.07 Å². The quantitative estimate of drug-likeness (QED) is 0.450. The molecule has 0 saturated heterocycles. The number of anilines is 2. The van der Waals surface area contributed by atoms with Crippen LogP contribution in [0.25, 0.3) is 39.2 Å². The van der Waals surface area contributed by atoms with Crippen molar-refractivity contribution in [1.29, 1.82) is 0 Å². The minimum Gasteiger partial charge on any atom is -0.346 e. The van der Waals surface area contributed by atoms with Gasteiger partial charge in [0.15, 0.2) is 0 Å². The van der Waals surface area contributed by atoms with Crippen LogP contribution in [0.15, 0.2) is 85.7 Å². The topological polar surface area (TPSA) is 96.7 Å². The van der Waals surface area contributed by atoms with E-state index < -0.39 is 0 Å². The molecule has 8 nitrogen and oxygen atoms in total. The summed E-state index contributed by atoms with van der Waals surface area (Å²) >= 11 is 0. The van der Waals surface area contributed by atoms with Gasteiger partial charge >= 0.3 is 0 Å². The number of nitrogens with one attached hydrogen (secondary N) is 2. The number of aromatic amines is 1. The fourth-order valence-electron chi connectivity index (χ4n) is 3.64. The Hall–Kier alpha value is -4.59. The molecule has 0 unspecified atom stereocenters. The summed E-state index contributed by atoms with van der Waals surface area (Å²) in [6.07, 6.45) is 11.1.